The van der Waals surface area contributed by atoms with Crippen molar-refractivity contribution in [2.45, 2.75) is 13.1 Å². The molecule has 1 aromatic carbocycles. The normalized spacial score (nSPS) is 11.4. The van der Waals surface area contributed by atoms with Crippen LogP contribution < -0.4 is 0 Å². The highest BCUT2D eigenvalue weighted by molar-refractivity contribution is 6.31. The van der Waals surface area contributed by atoms with Crippen molar-refractivity contribution in [2.75, 3.05) is 7.11 Å². The summed E-state index contributed by atoms with van der Waals surface area (Å²) in [6.07, 6.45) is -4.54. The smallest absolute Gasteiger partial charge is 0.416 e. The zero-order chi connectivity index (χ0) is 12.5. The van der Waals surface area contributed by atoms with Crippen LogP contribution in [0.15, 0.2) is 12.1 Å². The number of hydrogen-bond acceptors (Lipinski definition) is 2. The van der Waals surface area contributed by atoms with E-state index in [2.05, 4.69) is 4.74 Å². The largest absolute Gasteiger partial charge is 0.465 e. The maximum absolute atomic E-state index is 12.6. The minimum Gasteiger partial charge on any atom is -0.465 e. The summed E-state index contributed by atoms with van der Waals surface area (Å²) in [7, 11) is 1.09. The van der Waals surface area contributed by atoms with E-state index >= 15 is 0 Å². The summed E-state index contributed by atoms with van der Waals surface area (Å²) in [5, 5.41) is -0.116. The molecule has 0 spiro atoms. The first-order valence-electron chi connectivity index (χ1n) is 4.23. The molecule has 1 rings (SSSR count). The van der Waals surface area contributed by atoms with Crippen LogP contribution in [0.3, 0.4) is 0 Å². The summed E-state index contributed by atoms with van der Waals surface area (Å²) in [4.78, 5) is 11.1. The van der Waals surface area contributed by atoms with Gasteiger partial charge in [-0.1, -0.05) is 11.6 Å². The molecule has 0 unspecified atom stereocenters. The van der Waals surface area contributed by atoms with Crippen molar-refractivity contribution in [1.82, 2.24) is 0 Å². The van der Waals surface area contributed by atoms with Crippen molar-refractivity contribution in [1.29, 1.82) is 0 Å². The Balaban J connectivity index is 3.39. The van der Waals surface area contributed by atoms with Gasteiger partial charge in [0.1, 0.15) is 0 Å². The fourth-order valence-corrected chi connectivity index (χ4v) is 1.43. The Morgan fingerprint density at radius 1 is 1.38 bits per heavy atom. The highest BCUT2D eigenvalue weighted by Crippen LogP contribution is 2.35. The average Bonchev–Trinajstić information content (AvgIpc) is 2.18. The van der Waals surface area contributed by atoms with Gasteiger partial charge in [0.05, 0.1) is 18.2 Å². The number of halogens is 4. The second-order valence-electron chi connectivity index (χ2n) is 3.12. The molecule has 0 saturated carbocycles. The molecule has 0 bridgehead atoms. The molecule has 0 atom stereocenters. The summed E-state index contributed by atoms with van der Waals surface area (Å²) in [6, 6.07) is 1.88. The predicted octanol–water partition coefficient (Wildman–Crippen LogP) is 3.45. The second kappa shape index (κ2) is 4.33. The van der Waals surface area contributed by atoms with Crippen LogP contribution in [0.25, 0.3) is 0 Å². The lowest BCUT2D eigenvalue weighted by atomic mass is 10.0. The van der Waals surface area contributed by atoms with Gasteiger partial charge >= 0.3 is 12.1 Å². The zero-order valence-corrected chi connectivity index (χ0v) is 9.24. The van der Waals surface area contributed by atoms with E-state index in [4.69, 9.17) is 11.6 Å². The molecule has 0 aliphatic rings. The first kappa shape index (κ1) is 12.8. The standard InChI is InChI=1S/C10H8ClF3O2/c1-5-7(10(12,13)14)3-6(4-8(5)11)9(15)16-2/h3-4H,1-2H3. The Morgan fingerprint density at radius 3 is 2.38 bits per heavy atom. The number of alkyl halides is 3. The molecule has 0 heterocycles. The maximum Gasteiger partial charge on any atom is 0.416 e. The lowest BCUT2D eigenvalue weighted by Crippen LogP contribution is -2.11. The number of hydrogen-bond donors (Lipinski definition) is 0. The van der Waals surface area contributed by atoms with Crippen molar-refractivity contribution in [3.63, 3.8) is 0 Å². The molecule has 6 heteroatoms. The van der Waals surface area contributed by atoms with E-state index in [9.17, 15) is 18.0 Å². The van der Waals surface area contributed by atoms with E-state index in [1.165, 1.54) is 6.92 Å². The van der Waals surface area contributed by atoms with Crippen LogP contribution in [-0.4, -0.2) is 13.1 Å². The van der Waals surface area contributed by atoms with Crippen LogP contribution in [0.2, 0.25) is 5.02 Å². The van der Waals surface area contributed by atoms with Crippen molar-refractivity contribution < 1.29 is 22.7 Å². The number of benzene rings is 1. The quantitative estimate of drug-likeness (QED) is 0.716. The molecule has 0 fully saturated rings. The van der Waals surface area contributed by atoms with Gasteiger partial charge in [-0.15, -0.1) is 0 Å². The number of ether oxygens (including phenoxy) is 1. The molecule has 16 heavy (non-hydrogen) atoms. The Labute approximate surface area is 95.0 Å². The number of rotatable bonds is 1. The topological polar surface area (TPSA) is 26.3 Å². The van der Waals surface area contributed by atoms with Crippen molar-refractivity contribution >= 4 is 17.6 Å². The Kier molecular flexibility index (Phi) is 3.48. The van der Waals surface area contributed by atoms with E-state index < -0.39 is 17.7 Å². The van der Waals surface area contributed by atoms with Gasteiger partial charge in [0, 0.05) is 5.02 Å². The van der Waals surface area contributed by atoms with E-state index in [1.54, 1.807) is 0 Å². The number of carbonyl (C=O) groups is 1. The van der Waals surface area contributed by atoms with Crippen LogP contribution in [0.4, 0.5) is 13.2 Å². The SMILES string of the molecule is COC(=O)c1cc(Cl)c(C)c(C(F)(F)F)c1. The molecular weight excluding hydrogens is 245 g/mol. The van der Waals surface area contributed by atoms with Gasteiger partial charge in [-0.25, -0.2) is 4.79 Å². The van der Waals surface area contributed by atoms with Crippen LogP contribution >= 0.6 is 11.6 Å². The third-order valence-electron chi connectivity index (χ3n) is 2.07. The number of carbonyl (C=O) groups excluding carboxylic acids is 1. The lowest BCUT2D eigenvalue weighted by Gasteiger charge is -2.12. The summed E-state index contributed by atoms with van der Waals surface area (Å²) < 4.78 is 42.0. The highest BCUT2D eigenvalue weighted by Gasteiger charge is 2.34. The molecule has 0 aromatic heterocycles. The first-order valence-corrected chi connectivity index (χ1v) is 4.61. The van der Waals surface area contributed by atoms with E-state index in [0.717, 1.165) is 19.2 Å². The first-order chi connectivity index (χ1) is 7.27. The fraction of sp³-hybridized carbons (Fsp3) is 0.300. The van der Waals surface area contributed by atoms with Gasteiger partial charge in [-0.05, 0) is 24.6 Å². The Morgan fingerprint density at radius 2 is 1.94 bits per heavy atom. The van der Waals surface area contributed by atoms with Crippen LogP contribution in [0.1, 0.15) is 21.5 Å². The molecule has 2 nitrogen and oxygen atoms in total. The van der Waals surface area contributed by atoms with Crippen LogP contribution in [0.5, 0.6) is 0 Å². The third-order valence-corrected chi connectivity index (χ3v) is 2.46. The lowest BCUT2D eigenvalue weighted by molar-refractivity contribution is -0.138. The van der Waals surface area contributed by atoms with Crippen molar-refractivity contribution in [2.24, 2.45) is 0 Å². The molecular formula is C10H8ClF3O2. The predicted molar refractivity (Wildman–Crippen MR) is 52.5 cm³/mol. The van der Waals surface area contributed by atoms with Gasteiger partial charge in [-0.2, -0.15) is 13.2 Å². The van der Waals surface area contributed by atoms with E-state index in [1.807, 2.05) is 0 Å². The Hall–Kier alpha value is -1.23. The summed E-state index contributed by atoms with van der Waals surface area (Å²) >= 11 is 5.62. The van der Waals surface area contributed by atoms with Gasteiger partial charge in [0.15, 0.2) is 0 Å². The molecule has 0 radical (unpaired) electrons. The van der Waals surface area contributed by atoms with Crippen LogP contribution in [-0.2, 0) is 10.9 Å². The summed E-state index contributed by atoms with van der Waals surface area (Å²) in [5.41, 5.74) is -1.26. The maximum atomic E-state index is 12.6. The monoisotopic (exact) mass is 252 g/mol. The molecule has 0 aliphatic heterocycles. The number of methoxy groups -OCH3 is 1. The fourth-order valence-electron chi connectivity index (χ4n) is 1.21. The highest BCUT2D eigenvalue weighted by atomic mass is 35.5. The minimum atomic E-state index is -4.54. The minimum absolute atomic E-state index is 0.109. The Bertz CT molecular complexity index is 427. The van der Waals surface area contributed by atoms with Gasteiger partial charge in [0.2, 0.25) is 0 Å². The number of esters is 1. The van der Waals surface area contributed by atoms with Gasteiger partial charge < -0.3 is 4.74 Å². The molecule has 0 aliphatic carbocycles. The van der Waals surface area contributed by atoms with Crippen LogP contribution in [0, 0.1) is 6.92 Å². The van der Waals surface area contributed by atoms with Crippen molar-refractivity contribution in [3.8, 4) is 0 Å². The average molecular weight is 253 g/mol. The summed E-state index contributed by atoms with van der Waals surface area (Å²) in [5.74, 6) is -0.854. The molecule has 1 aromatic rings. The molecule has 88 valence electrons. The summed E-state index contributed by atoms with van der Waals surface area (Å²) in [6.45, 7) is 1.24. The van der Waals surface area contributed by atoms with Crippen molar-refractivity contribution in [3.05, 3.63) is 33.8 Å². The molecule has 0 N–H and O–H groups in total. The molecule has 0 saturated heterocycles. The van der Waals surface area contributed by atoms with E-state index in [0.29, 0.717) is 0 Å². The van der Waals surface area contributed by atoms with Gasteiger partial charge in [0.25, 0.3) is 0 Å². The zero-order valence-electron chi connectivity index (χ0n) is 8.48. The van der Waals surface area contributed by atoms with Gasteiger partial charge in [-0.3, -0.25) is 0 Å². The molecule has 0 amide bonds. The van der Waals surface area contributed by atoms with E-state index in [-0.39, 0.29) is 16.1 Å². The third kappa shape index (κ3) is 2.47. The second-order valence-corrected chi connectivity index (χ2v) is 3.53.